The summed E-state index contributed by atoms with van der Waals surface area (Å²) in [7, 11) is 0. The van der Waals surface area contributed by atoms with Gasteiger partial charge in [0.2, 0.25) is 0 Å². The van der Waals surface area contributed by atoms with Gasteiger partial charge in [0, 0.05) is 6.42 Å². The van der Waals surface area contributed by atoms with Crippen molar-refractivity contribution in [3.05, 3.63) is 0 Å². The fraction of sp³-hybridized carbons (Fsp3) is 0.867. The van der Waals surface area contributed by atoms with Crippen LogP contribution in [0.15, 0.2) is 0 Å². The van der Waals surface area contributed by atoms with E-state index < -0.39 is 0 Å². The molecule has 1 N–H and O–H groups in total. The Hall–Kier alpha value is -0.480. The fourth-order valence-corrected chi connectivity index (χ4v) is 4.45. The number of fused-ring (bicyclic) bond motifs is 1. The third-order valence-corrected chi connectivity index (χ3v) is 5.29. The molecule has 0 heterocycles. The lowest BCUT2D eigenvalue weighted by atomic mass is 9.61. The second-order valence-electron chi connectivity index (χ2n) is 6.14. The molecule has 2 fully saturated rings. The molecule has 5 atom stereocenters. The number of terminal acetylenes is 1. The summed E-state index contributed by atoms with van der Waals surface area (Å²) in [6.45, 7) is 4.68. The minimum Gasteiger partial charge on any atom is -0.393 e. The van der Waals surface area contributed by atoms with E-state index in [2.05, 4.69) is 19.8 Å². The van der Waals surface area contributed by atoms with Gasteiger partial charge in [-0.1, -0.05) is 20.3 Å². The molecule has 1 nitrogen and oxygen atoms in total. The summed E-state index contributed by atoms with van der Waals surface area (Å²) in [5, 5.41) is 10.1. The lowest BCUT2D eigenvalue weighted by Crippen LogP contribution is -2.41. The molecule has 1 heteroatoms. The van der Waals surface area contributed by atoms with Crippen molar-refractivity contribution >= 4 is 0 Å². The van der Waals surface area contributed by atoms with Gasteiger partial charge in [-0.15, -0.1) is 12.3 Å². The van der Waals surface area contributed by atoms with Gasteiger partial charge < -0.3 is 5.11 Å². The predicted molar refractivity (Wildman–Crippen MR) is 66.8 cm³/mol. The maximum absolute atomic E-state index is 10.1. The highest BCUT2D eigenvalue weighted by Gasteiger charge is 2.51. The topological polar surface area (TPSA) is 20.2 Å². The average molecular weight is 220 g/mol. The summed E-state index contributed by atoms with van der Waals surface area (Å²) >= 11 is 0. The van der Waals surface area contributed by atoms with Crippen LogP contribution in [0.2, 0.25) is 0 Å². The van der Waals surface area contributed by atoms with Crippen LogP contribution in [0.25, 0.3) is 0 Å². The quantitative estimate of drug-likeness (QED) is 0.708. The molecule has 16 heavy (non-hydrogen) atoms. The molecule has 90 valence electrons. The van der Waals surface area contributed by atoms with Gasteiger partial charge in [0.05, 0.1) is 6.10 Å². The zero-order chi connectivity index (χ0) is 11.8. The Balaban J connectivity index is 2.15. The van der Waals surface area contributed by atoms with Crippen LogP contribution >= 0.6 is 0 Å². The van der Waals surface area contributed by atoms with Crippen molar-refractivity contribution in [3.8, 4) is 12.3 Å². The van der Waals surface area contributed by atoms with Gasteiger partial charge in [-0.3, -0.25) is 0 Å². The fourth-order valence-electron chi connectivity index (χ4n) is 4.45. The molecule has 0 aliphatic heterocycles. The maximum atomic E-state index is 10.1. The molecule has 0 aromatic heterocycles. The van der Waals surface area contributed by atoms with Crippen LogP contribution in [0.1, 0.15) is 52.4 Å². The Morgan fingerprint density at radius 3 is 2.88 bits per heavy atom. The molecule has 2 rings (SSSR count). The van der Waals surface area contributed by atoms with E-state index in [0.29, 0.717) is 17.3 Å². The smallest absolute Gasteiger partial charge is 0.0573 e. The number of hydrogen-bond donors (Lipinski definition) is 1. The largest absolute Gasteiger partial charge is 0.393 e. The molecule has 2 saturated carbocycles. The molecule has 2 aliphatic rings. The summed E-state index contributed by atoms with van der Waals surface area (Å²) in [4.78, 5) is 0. The standard InChI is InChI=1S/C15H24O/c1-4-6-11(2)12-8-9-13-14(16)7-5-10-15(12,13)3/h1,11-14,16H,5-10H2,2-3H3. The second kappa shape index (κ2) is 4.41. The van der Waals surface area contributed by atoms with Crippen molar-refractivity contribution in [2.75, 3.05) is 0 Å². The number of aliphatic hydroxyl groups excluding tert-OH is 1. The summed E-state index contributed by atoms with van der Waals surface area (Å²) in [5.74, 6) is 4.68. The third-order valence-electron chi connectivity index (χ3n) is 5.29. The first-order chi connectivity index (χ1) is 7.59. The van der Waals surface area contributed by atoms with Crippen LogP contribution in [-0.2, 0) is 0 Å². The first kappa shape index (κ1) is 12.0. The van der Waals surface area contributed by atoms with E-state index in [-0.39, 0.29) is 6.10 Å². The Morgan fingerprint density at radius 1 is 1.44 bits per heavy atom. The van der Waals surface area contributed by atoms with Crippen LogP contribution in [-0.4, -0.2) is 11.2 Å². The van der Waals surface area contributed by atoms with Crippen LogP contribution in [0, 0.1) is 35.5 Å². The Kier molecular flexibility index (Phi) is 3.31. The molecule has 0 saturated heterocycles. The van der Waals surface area contributed by atoms with Crippen LogP contribution in [0.4, 0.5) is 0 Å². The third kappa shape index (κ3) is 1.78. The zero-order valence-electron chi connectivity index (χ0n) is 10.6. The highest BCUT2D eigenvalue weighted by atomic mass is 16.3. The molecule has 0 bridgehead atoms. The minimum atomic E-state index is -0.0539. The molecule has 0 aromatic rings. The molecule has 5 unspecified atom stereocenters. The highest BCUT2D eigenvalue weighted by molar-refractivity contribution is 5.03. The van der Waals surface area contributed by atoms with Crippen LogP contribution in [0.3, 0.4) is 0 Å². The Morgan fingerprint density at radius 2 is 2.19 bits per heavy atom. The van der Waals surface area contributed by atoms with Gasteiger partial charge in [-0.2, -0.15) is 0 Å². The van der Waals surface area contributed by atoms with Gasteiger partial charge >= 0.3 is 0 Å². The predicted octanol–water partition coefficient (Wildman–Crippen LogP) is 3.22. The molecule has 0 radical (unpaired) electrons. The SMILES string of the molecule is C#CCC(C)C1CCC2C(O)CCCC12C. The summed E-state index contributed by atoms with van der Waals surface area (Å²) in [5.41, 5.74) is 0.355. The van der Waals surface area contributed by atoms with Gasteiger partial charge in [0.25, 0.3) is 0 Å². The van der Waals surface area contributed by atoms with E-state index in [1.807, 2.05) is 0 Å². The molecular weight excluding hydrogens is 196 g/mol. The number of aliphatic hydroxyl groups is 1. The summed E-state index contributed by atoms with van der Waals surface area (Å²) < 4.78 is 0. The monoisotopic (exact) mass is 220 g/mol. The van der Waals surface area contributed by atoms with E-state index >= 15 is 0 Å². The second-order valence-corrected chi connectivity index (χ2v) is 6.14. The Bertz CT molecular complexity index is 290. The lowest BCUT2D eigenvalue weighted by molar-refractivity contribution is -0.0264. The van der Waals surface area contributed by atoms with Crippen molar-refractivity contribution < 1.29 is 5.11 Å². The van der Waals surface area contributed by atoms with Crippen LogP contribution in [0.5, 0.6) is 0 Å². The van der Waals surface area contributed by atoms with Crippen molar-refractivity contribution in [3.63, 3.8) is 0 Å². The molecule has 0 aromatic carbocycles. The molecule has 0 spiro atoms. The Labute approximate surface area is 99.6 Å². The molecule has 2 aliphatic carbocycles. The average Bonchev–Trinajstić information content (AvgIpc) is 2.57. The lowest BCUT2D eigenvalue weighted by Gasteiger charge is -2.45. The first-order valence-corrected chi connectivity index (χ1v) is 6.71. The van der Waals surface area contributed by atoms with Crippen molar-refractivity contribution in [2.45, 2.75) is 58.5 Å². The first-order valence-electron chi connectivity index (χ1n) is 6.71. The zero-order valence-corrected chi connectivity index (χ0v) is 10.6. The highest BCUT2D eigenvalue weighted by Crippen LogP contribution is 2.57. The molecule has 0 amide bonds. The van der Waals surface area contributed by atoms with Crippen molar-refractivity contribution in [1.29, 1.82) is 0 Å². The van der Waals surface area contributed by atoms with E-state index in [4.69, 9.17) is 6.42 Å². The van der Waals surface area contributed by atoms with E-state index in [9.17, 15) is 5.11 Å². The molecular formula is C15H24O. The maximum Gasteiger partial charge on any atom is 0.0573 e. The van der Waals surface area contributed by atoms with Gasteiger partial charge in [0.1, 0.15) is 0 Å². The van der Waals surface area contributed by atoms with Gasteiger partial charge in [0.15, 0.2) is 0 Å². The normalized spacial score (nSPS) is 44.8. The number of hydrogen-bond acceptors (Lipinski definition) is 1. The summed E-state index contributed by atoms with van der Waals surface area (Å²) in [6.07, 6.45) is 12.2. The minimum absolute atomic E-state index is 0.0539. The summed E-state index contributed by atoms with van der Waals surface area (Å²) in [6, 6.07) is 0. The van der Waals surface area contributed by atoms with Crippen LogP contribution < -0.4 is 0 Å². The van der Waals surface area contributed by atoms with Gasteiger partial charge in [-0.25, -0.2) is 0 Å². The van der Waals surface area contributed by atoms with Crippen molar-refractivity contribution in [1.82, 2.24) is 0 Å². The van der Waals surface area contributed by atoms with Crippen molar-refractivity contribution in [2.24, 2.45) is 23.2 Å². The van der Waals surface area contributed by atoms with E-state index in [1.165, 1.54) is 25.7 Å². The number of rotatable bonds is 2. The van der Waals surface area contributed by atoms with E-state index in [0.717, 1.165) is 18.8 Å². The van der Waals surface area contributed by atoms with Gasteiger partial charge in [-0.05, 0) is 48.9 Å². The van der Waals surface area contributed by atoms with E-state index in [1.54, 1.807) is 0 Å².